The lowest BCUT2D eigenvalue weighted by Crippen LogP contribution is -2.15. The fourth-order valence-corrected chi connectivity index (χ4v) is 2.09. The largest absolute Gasteiger partial charge is 0.481 e. The smallest absolute Gasteiger partial charge is 0.341 e. The van der Waals surface area contributed by atoms with Crippen molar-refractivity contribution in [1.82, 2.24) is 0 Å². The highest BCUT2D eigenvalue weighted by molar-refractivity contribution is 5.88. The predicted octanol–water partition coefficient (Wildman–Crippen LogP) is 2.17. The highest BCUT2D eigenvalue weighted by Crippen LogP contribution is 2.51. The molecule has 0 radical (unpaired) electrons. The maximum atomic E-state index is 13.5. The number of carbonyl (C=O) groups is 2. The maximum Gasteiger partial charge on any atom is 0.341 e. The van der Waals surface area contributed by atoms with Gasteiger partial charge in [0.05, 0.1) is 6.42 Å². The van der Waals surface area contributed by atoms with Crippen molar-refractivity contribution >= 4 is 11.9 Å². The normalized spacial score (nSPS) is 16.3. The fourth-order valence-electron chi connectivity index (χ4n) is 2.09. The molecule has 0 amide bonds. The van der Waals surface area contributed by atoms with Gasteiger partial charge in [0.15, 0.2) is 0 Å². The fraction of sp³-hybridized carbons (Fsp3) is 0.333. The number of halogens is 2. The first kappa shape index (κ1) is 12.5. The molecule has 0 aromatic heterocycles. The second kappa shape index (κ2) is 4.04. The molecule has 1 aliphatic carbocycles. The molecule has 0 spiro atoms. The quantitative estimate of drug-likeness (QED) is 0.865. The summed E-state index contributed by atoms with van der Waals surface area (Å²) in [5.41, 5.74) is -1.54. The van der Waals surface area contributed by atoms with Crippen LogP contribution in [-0.2, 0) is 10.2 Å². The van der Waals surface area contributed by atoms with E-state index in [0.717, 1.165) is 12.1 Å². The Labute approximate surface area is 101 Å². The average Bonchev–Trinajstić information content (AvgIpc) is 2.95. The van der Waals surface area contributed by atoms with Crippen LogP contribution in [0.5, 0.6) is 0 Å². The maximum absolute atomic E-state index is 13.5. The van der Waals surface area contributed by atoms with Crippen LogP contribution in [0.2, 0.25) is 0 Å². The number of hydrogen-bond donors (Lipinski definition) is 2. The molecule has 6 heteroatoms. The zero-order valence-corrected chi connectivity index (χ0v) is 9.24. The Balaban J connectivity index is 2.43. The van der Waals surface area contributed by atoms with E-state index in [9.17, 15) is 18.4 Å². The first-order valence-corrected chi connectivity index (χ1v) is 5.30. The van der Waals surface area contributed by atoms with Crippen LogP contribution in [-0.4, -0.2) is 22.2 Å². The molecule has 0 aliphatic heterocycles. The zero-order valence-electron chi connectivity index (χ0n) is 9.24. The van der Waals surface area contributed by atoms with Crippen LogP contribution in [0.25, 0.3) is 0 Å². The molecule has 4 nitrogen and oxygen atoms in total. The summed E-state index contributed by atoms with van der Waals surface area (Å²) in [5.74, 6) is -5.07. The average molecular weight is 256 g/mol. The number of carboxylic acid groups (broad SMARTS) is 2. The van der Waals surface area contributed by atoms with Gasteiger partial charge < -0.3 is 10.2 Å². The van der Waals surface area contributed by atoms with Crippen molar-refractivity contribution in [2.45, 2.75) is 24.7 Å². The molecule has 0 atom stereocenters. The molecule has 1 aromatic rings. The Hall–Kier alpha value is -1.98. The van der Waals surface area contributed by atoms with E-state index in [0.29, 0.717) is 12.8 Å². The molecular weight excluding hydrogens is 246 g/mol. The summed E-state index contributed by atoms with van der Waals surface area (Å²) in [7, 11) is 0. The lowest BCUT2D eigenvalue weighted by atomic mass is 9.91. The number of aromatic carboxylic acids is 1. The Bertz CT molecular complexity index is 512. The van der Waals surface area contributed by atoms with Crippen molar-refractivity contribution in [3.8, 4) is 0 Å². The van der Waals surface area contributed by atoms with Gasteiger partial charge in [-0.3, -0.25) is 4.79 Å². The lowest BCUT2D eigenvalue weighted by Gasteiger charge is -2.14. The SMILES string of the molecule is O=C(O)CC1(c2cc(F)c(C(=O)O)c(F)c2)CC1. The van der Waals surface area contributed by atoms with E-state index in [1.807, 2.05) is 0 Å². The van der Waals surface area contributed by atoms with Gasteiger partial charge in [0.2, 0.25) is 0 Å². The van der Waals surface area contributed by atoms with Gasteiger partial charge >= 0.3 is 11.9 Å². The highest BCUT2D eigenvalue weighted by atomic mass is 19.1. The molecular formula is C12H10F2O4. The van der Waals surface area contributed by atoms with Gasteiger partial charge in [-0.1, -0.05) is 0 Å². The molecule has 1 saturated carbocycles. The number of benzene rings is 1. The summed E-state index contributed by atoms with van der Waals surface area (Å²) in [6.07, 6.45) is 0.855. The molecule has 1 aromatic carbocycles. The zero-order chi connectivity index (χ0) is 13.5. The van der Waals surface area contributed by atoms with Crippen LogP contribution in [0.4, 0.5) is 8.78 Å². The monoisotopic (exact) mass is 256 g/mol. The van der Waals surface area contributed by atoms with Crippen LogP contribution in [0.15, 0.2) is 12.1 Å². The van der Waals surface area contributed by atoms with Crippen molar-refractivity contribution in [3.63, 3.8) is 0 Å². The predicted molar refractivity (Wildman–Crippen MR) is 56.5 cm³/mol. The molecule has 2 rings (SSSR count). The molecule has 2 N–H and O–H groups in total. The number of carboxylic acids is 2. The lowest BCUT2D eigenvalue weighted by molar-refractivity contribution is -0.137. The van der Waals surface area contributed by atoms with Crippen LogP contribution >= 0.6 is 0 Å². The van der Waals surface area contributed by atoms with Gasteiger partial charge in [-0.25, -0.2) is 13.6 Å². The minimum Gasteiger partial charge on any atom is -0.481 e. The van der Waals surface area contributed by atoms with Crippen LogP contribution < -0.4 is 0 Å². The summed E-state index contributed by atoms with van der Waals surface area (Å²) in [6.45, 7) is 0. The topological polar surface area (TPSA) is 74.6 Å². The number of aliphatic carboxylic acids is 1. The first-order valence-electron chi connectivity index (χ1n) is 5.30. The Kier molecular flexibility index (Phi) is 2.80. The Morgan fingerprint density at radius 1 is 1.17 bits per heavy atom. The van der Waals surface area contributed by atoms with Gasteiger partial charge in [0, 0.05) is 5.41 Å². The van der Waals surface area contributed by atoms with E-state index < -0.39 is 34.6 Å². The van der Waals surface area contributed by atoms with Crippen molar-refractivity contribution in [2.24, 2.45) is 0 Å². The summed E-state index contributed by atoms with van der Waals surface area (Å²) >= 11 is 0. The molecule has 1 aliphatic rings. The molecule has 0 heterocycles. The minimum atomic E-state index is -1.68. The van der Waals surface area contributed by atoms with Crippen LogP contribution in [0, 0.1) is 11.6 Å². The van der Waals surface area contributed by atoms with Gasteiger partial charge in [0.1, 0.15) is 17.2 Å². The summed E-state index contributed by atoms with van der Waals surface area (Å²) in [5, 5.41) is 17.4. The third-order valence-electron chi connectivity index (χ3n) is 3.21. The third kappa shape index (κ3) is 2.05. The van der Waals surface area contributed by atoms with Crippen molar-refractivity contribution in [2.75, 3.05) is 0 Å². The standard InChI is InChI=1S/C12H10F2O4/c13-7-3-6(4-8(14)10(7)11(17)18)12(1-2-12)5-9(15)16/h3-4H,1-2,5H2,(H,15,16)(H,17,18). The Morgan fingerprint density at radius 2 is 1.67 bits per heavy atom. The van der Waals surface area contributed by atoms with E-state index in [-0.39, 0.29) is 12.0 Å². The van der Waals surface area contributed by atoms with Gasteiger partial charge in [-0.05, 0) is 30.5 Å². The molecule has 0 saturated heterocycles. The van der Waals surface area contributed by atoms with Crippen molar-refractivity contribution in [1.29, 1.82) is 0 Å². The first-order chi connectivity index (χ1) is 8.35. The second-order valence-electron chi connectivity index (χ2n) is 4.47. The van der Waals surface area contributed by atoms with Crippen LogP contribution in [0.1, 0.15) is 35.2 Å². The number of hydrogen-bond acceptors (Lipinski definition) is 2. The Morgan fingerprint density at radius 3 is 2.00 bits per heavy atom. The van der Waals surface area contributed by atoms with E-state index in [1.165, 1.54) is 0 Å². The van der Waals surface area contributed by atoms with Gasteiger partial charge in [0.25, 0.3) is 0 Å². The van der Waals surface area contributed by atoms with Gasteiger partial charge in [-0.2, -0.15) is 0 Å². The van der Waals surface area contributed by atoms with E-state index in [4.69, 9.17) is 10.2 Å². The molecule has 18 heavy (non-hydrogen) atoms. The summed E-state index contributed by atoms with van der Waals surface area (Å²) in [4.78, 5) is 21.3. The molecule has 0 bridgehead atoms. The molecule has 96 valence electrons. The molecule has 0 unspecified atom stereocenters. The van der Waals surface area contributed by atoms with E-state index in [2.05, 4.69) is 0 Å². The van der Waals surface area contributed by atoms with Crippen molar-refractivity contribution in [3.05, 3.63) is 34.9 Å². The summed E-state index contributed by atoms with van der Waals surface area (Å²) < 4.78 is 27.0. The van der Waals surface area contributed by atoms with E-state index in [1.54, 1.807) is 0 Å². The number of rotatable bonds is 4. The van der Waals surface area contributed by atoms with Crippen LogP contribution in [0.3, 0.4) is 0 Å². The highest BCUT2D eigenvalue weighted by Gasteiger charge is 2.46. The second-order valence-corrected chi connectivity index (χ2v) is 4.47. The van der Waals surface area contributed by atoms with Crippen molar-refractivity contribution < 1.29 is 28.6 Å². The summed E-state index contributed by atoms with van der Waals surface area (Å²) in [6, 6.07) is 1.84. The van der Waals surface area contributed by atoms with E-state index >= 15 is 0 Å². The third-order valence-corrected chi connectivity index (χ3v) is 3.21. The minimum absolute atomic E-state index is 0.210. The van der Waals surface area contributed by atoms with Gasteiger partial charge in [-0.15, -0.1) is 0 Å². The molecule has 1 fully saturated rings.